The lowest BCUT2D eigenvalue weighted by Gasteiger charge is -2.27. The third-order valence-corrected chi connectivity index (χ3v) is 3.35. The molecule has 0 atom stereocenters. The Hall–Kier alpha value is -1.86. The molecule has 0 N–H and O–H groups in total. The molecule has 0 unspecified atom stereocenters. The molecule has 0 aliphatic rings. The van der Waals surface area contributed by atoms with Gasteiger partial charge in [0.15, 0.2) is 5.65 Å². The Balaban J connectivity index is 2.47. The molecule has 0 aliphatic heterocycles. The zero-order valence-corrected chi connectivity index (χ0v) is 11.5. The quantitative estimate of drug-likeness (QED) is 0.867. The lowest BCUT2D eigenvalue weighted by Crippen LogP contribution is -2.31. The first-order valence-corrected chi connectivity index (χ1v) is 6.41. The van der Waals surface area contributed by atoms with Gasteiger partial charge in [-0.15, -0.1) is 15.3 Å². The summed E-state index contributed by atoms with van der Waals surface area (Å²) < 4.78 is 39.1. The summed E-state index contributed by atoms with van der Waals surface area (Å²) in [5.41, 5.74) is 0.0824. The largest absolute Gasteiger partial charge is 0.453 e. The van der Waals surface area contributed by atoms with Gasteiger partial charge in [-0.05, 0) is 25.0 Å². The van der Waals surface area contributed by atoms with Crippen LogP contribution in [0.5, 0.6) is 0 Å². The van der Waals surface area contributed by atoms with Gasteiger partial charge in [0.2, 0.25) is 0 Å². The van der Waals surface area contributed by atoms with Crippen LogP contribution in [0.25, 0.3) is 5.65 Å². The summed E-state index contributed by atoms with van der Waals surface area (Å²) >= 11 is 0. The molecule has 0 fully saturated rings. The third-order valence-electron chi connectivity index (χ3n) is 3.35. The van der Waals surface area contributed by atoms with E-state index in [1.807, 2.05) is 25.8 Å². The molecule has 0 amide bonds. The van der Waals surface area contributed by atoms with Crippen molar-refractivity contribution < 1.29 is 13.2 Å². The maximum atomic E-state index is 12.8. The Morgan fingerprint density at radius 2 is 1.85 bits per heavy atom. The van der Waals surface area contributed by atoms with Gasteiger partial charge in [0.1, 0.15) is 5.82 Å². The van der Waals surface area contributed by atoms with Crippen LogP contribution in [0.3, 0.4) is 0 Å². The first-order valence-electron chi connectivity index (χ1n) is 6.41. The monoisotopic (exact) mass is 287 g/mol. The van der Waals surface area contributed by atoms with E-state index in [2.05, 4.69) is 15.3 Å². The van der Waals surface area contributed by atoms with E-state index in [0.29, 0.717) is 5.82 Å². The molecule has 2 aromatic heterocycles. The molecule has 0 radical (unpaired) electrons. The number of anilines is 1. The van der Waals surface area contributed by atoms with E-state index in [-0.39, 0.29) is 11.7 Å². The van der Waals surface area contributed by atoms with Gasteiger partial charge >= 0.3 is 6.18 Å². The minimum absolute atomic E-state index is 0.0824. The van der Waals surface area contributed by atoms with Crippen LogP contribution in [0, 0.1) is 0 Å². The van der Waals surface area contributed by atoms with Crippen LogP contribution in [0.1, 0.15) is 32.5 Å². The zero-order valence-electron chi connectivity index (χ0n) is 11.5. The summed E-state index contributed by atoms with van der Waals surface area (Å²) in [6.07, 6.45) is -2.79. The van der Waals surface area contributed by atoms with Gasteiger partial charge in [-0.25, -0.2) is 0 Å². The van der Waals surface area contributed by atoms with Gasteiger partial charge in [0.05, 0.1) is 0 Å². The molecule has 110 valence electrons. The van der Waals surface area contributed by atoms with Crippen molar-refractivity contribution in [3.63, 3.8) is 0 Å². The SMILES string of the molecule is CCC(CC)N(C)c1ccc2nnc(C(F)(F)F)n2n1. The normalized spacial score (nSPS) is 12.3. The van der Waals surface area contributed by atoms with Gasteiger partial charge < -0.3 is 4.90 Å². The predicted molar refractivity (Wildman–Crippen MR) is 68.6 cm³/mol. The Morgan fingerprint density at radius 1 is 1.20 bits per heavy atom. The van der Waals surface area contributed by atoms with Crippen LogP contribution in [-0.4, -0.2) is 32.9 Å². The first-order chi connectivity index (χ1) is 9.38. The average Bonchev–Trinajstić information content (AvgIpc) is 2.82. The zero-order chi connectivity index (χ0) is 14.9. The van der Waals surface area contributed by atoms with Crippen LogP contribution in [0.4, 0.5) is 19.0 Å². The van der Waals surface area contributed by atoms with Crippen molar-refractivity contribution >= 4 is 11.5 Å². The number of rotatable bonds is 4. The lowest BCUT2D eigenvalue weighted by atomic mass is 10.1. The van der Waals surface area contributed by atoms with E-state index in [9.17, 15) is 13.2 Å². The van der Waals surface area contributed by atoms with Gasteiger partial charge in [0, 0.05) is 13.1 Å². The molecule has 5 nitrogen and oxygen atoms in total. The summed E-state index contributed by atoms with van der Waals surface area (Å²) in [5, 5.41) is 10.7. The number of halogens is 3. The van der Waals surface area contributed by atoms with Crippen molar-refractivity contribution in [2.45, 2.75) is 38.9 Å². The fraction of sp³-hybridized carbons (Fsp3) is 0.583. The Morgan fingerprint density at radius 3 is 2.40 bits per heavy atom. The molecular weight excluding hydrogens is 271 g/mol. The minimum Gasteiger partial charge on any atom is -0.355 e. The summed E-state index contributed by atoms with van der Waals surface area (Å²) in [6.45, 7) is 4.06. The number of fused-ring (bicyclic) bond motifs is 1. The molecule has 8 heteroatoms. The van der Waals surface area contributed by atoms with E-state index in [0.717, 1.165) is 17.4 Å². The van der Waals surface area contributed by atoms with Crippen molar-refractivity contribution in [1.29, 1.82) is 0 Å². The lowest BCUT2D eigenvalue weighted by molar-refractivity contribution is -0.146. The van der Waals surface area contributed by atoms with Crippen molar-refractivity contribution in [3.05, 3.63) is 18.0 Å². The second-order valence-electron chi connectivity index (χ2n) is 4.56. The fourth-order valence-corrected chi connectivity index (χ4v) is 2.17. The van der Waals surface area contributed by atoms with Crippen LogP contribution in [0.2, 0.25) is 0 Å². The summed E-state index contributed by atoms with van der Waals surface area (Å²) in [4.78, 5) is 1.87. The van der Waals surface area contributed by atoms with Gasteiger partial charge in [-0.3, -0.25) is 0 Å². The first kappa shape index (κ1) is 14.5. The van der Waals surface area contributed by atoms with Crippen molar-refractivity contribution in [2.24, 2.45) is 0 Å². The second kappa shape index (κ2) is 5.26. The smallest absolute Gasteiger partial charge is 0.355 e. The number of nitrogens with zero attached hydrogens (tertiary/aromatic N) is 5. The second-order valence-corrected chi connectivity index (χ2v) is 4.56. The maximum Gasteiger partial charge on any atom is 0.453 e. The van der Waals surface area contributed by atoms with Crippen molar-refractivity contribution in [3.8, 4) is 0 Å². The molecule has 0 aliphatic carbocycles. The van der Waals surface area contributed by atoms with Crippen LogP contribution in [0.15, 0.2) is 12.1 Å². The maximum absolute atomic E-state index is 12.8. The van der Waals surface area contributed by atoms with Crippen molar-refractivity contribution in [2.75, 3.05) is 11.9 Å². The van der Waals surface area contributed by atoms with E-state index in [1.165, 1.54) is 6.07 Å². The molecule has 2 rings (SSSR count). The third kappa shape index (κ3) is 2.54. The Bertz CT molecular complexity index is 588. The summed E-state index contributed by atoms with van der Waals surface area (Å²) in [6, 6.07) is 3.37. The molecular formula is C12H16F3N5. The van der Waals surface area contributed by atoms with E-state index in [4.69, 9.17) is 0 Å². The highest BCUT2D eigenvalue weighted by atomic mass is 19.4. The van der Waals surface area contributed by atoms with E-state index < -0.39 is 12.0 Å². The minimum atomic E-state index is -4.57. The standard InChI is InChI=1S/C12H16F3N5/c1-4-8(5-2)19(3)10-7-6-9-16-17-11(12(13,14)15)20(9)18-10/h6-8H,4-5H2,1-3H3. The molecule has 0 spiro atoms. The van der Waals surface area contributed by atoms with Gasteiger partial charge in [-0.2, -0.15) is 17.7 Å². The van der Waals surface area contributed by atoms with Crippen LogP contribution >= 0.6 is 0 Å². The predicted octanol–water partition coefficient (Wildman–Crippen LogP) is 2.77. The van der Waals surface area contributed by atoms with Crippen LogP contribution < -0.4 is 4.90 Å². The number of alkyl halides is 3. The highest BCUT2D eigenvalue weighted by Gasteiger charge is 2.37. The highest BCUT2D eigenvalue weighted by Crippen LogP contribution is 2.28. The van der Waals surface area contributed by atoms with Crippen LogP contribution in [-0.2, 0) is 6.18 Å². The number of aromatic nitrogens is 4. The Labute approximate surface area is 114 Å². The molecule has 0 saturated carbocycles. The molecule has 2 aromatic rings. The number of hydrogen-bond acceptors (Lipinski definition) is 4. The molecule has 0 bridgehead atoms. The van der Waals surface area contributed by atoms with Gasteiger partial charge in [-0.1, -0.05) is 13.8 Å². The summed E-state index contributed by atoms with van der Waals surface area (Å²) in [5.74, 6) is -0.635. The van der Waals surface area contributed by atoms with E-state index >= 15 is 0 Å². The molecule has 0 aromatic carbocycles. The molecule has 2 heterocycles. The highest BCUT2D eigenvalue weighted by molar-refractivity contribution is 5.46. The van der Waals surface area contributed by atoms with Gasteiger partial charge in [0.25, 0.3) is 5.82 Å². The average molecular weight is 287 g/mol. The molecule has 0 saturated heterocycles. The summed E-state index contributed by atoms with van der Waals surface area (Å²) in [7, 11) is 1.82. The Kier molecular flexibility index (Phi) is 3.82. The number of hydrogen-bond donors (Lipinski definition) is 0. The van der Waals surface area contributed by atoms with Crippen molar-refractivity contribution in [1.82, 2.24) is 19.8 Å². The van der Waals surface area contributed by atoms with E-state index in [1.54, 1.807) is 6.07 Å². The topological polar surface area (TPSA) is 46.3 Å². The fourth-order valence-electron chi connectivity index (χ4n) is 2.17. The molecule has 20 heavy (non-hydrogen) atoms.